The monoisotopic (exact) mass is 331 g/mol. The Bertz CT molecular complexity index is 338. The van der Waals surface area contributed by atoms with Crippen LogP contribution in [-0.4, -0.2) is 36.0 Å². The molecule has 0 N–H and O–H groups in total. The van der Waals surface area contributed by atoms with Crippen LogP contribution in [0, 0.1) is 0 Å². The van der Waals surface area contributed by atoms with Gasteiger partial charge in [-0.1, -0.05) is 42.1 Å². The molecular formula is C14H22BrNO3. The Morgan fingerprint density at radius 3 is 2.63 bits per heavy atom. The van der Waals surface area contributed by atoms with Crippen molar-refractivity contribution in [2.75, 3.05) is 18.9 Å². The minimum Gasteiger partial charge on any atom is -0.461 e. The SMILES string of the molecule is CCCCCCN(C)C=O.O=C(CBr)c1ccco1. The molecule has 1 rings (SSSR count). The summed E-state index contributed by atoms with van der Waals surface area (Å²) in [6, 6.07) is 3.33. The van der Waals surface area contributed by atoms with E-state index in [1.807, 2.05) is 7.05 Å². The molecule has 0 aliphatic carbocycles. The van der Waals surface area contributed by atoms with Gasteiger partial charge >= 0.3 is 0 Å². The summed E-state index contributed by atoms with van der Waals surface area (Å²) >= 11 is 3.03. The quantitative estimate of drug-likeness (QED) is 0.317. The van der Waals surface area contributed by atoms with Crippen molar-refractivity contribution in [2.24, 2.45) is 0 Å². The second kappa shape index (κ2) is 12.0. The lowest BCUT2D eigenvalue weighted by Crippen LogP contribution is -2.16. The van der Waals surface area contributed by atoms with Crippen LogP contribution < -0.4 is 0 Å². The highest BCUT2D eigenvalue weighted by atomic mass is 79.9. The number of halogens is 1. The Balaban J connectivity index is 0.000000342. The van der Waals surface area contributed by atoms with Gasteiger partial charge in [0.1, 0.15) is 0 Å². The highest BCUT2D eigenvalue weighted by Gasteiger charge is 2.04. The van der Waals surface area contributed by atoms with Gasteiger partial charge in [0, 0.05) is 13.6 Å². The third kappa shape index (κ3) is 9.47. The van der Waals surface area contributed by atoms with Crippen LogP contribution in [0.4, 0.5) is 0 Å². The van der Waals surface area contributed by atoms with Crippen molar-refractivity contribution in [3.05, 3.63) is 24.2 Å². The molecular weight excluding hydrogens is 310 g/mol. The summed E-state index contributed by atoms with van der Waals surface area (Å²) < 4.78 is 4.81. The Hall–Kier alpha value is -1.10. The largest absolute Gasteiger partial charge is 0.461 e. The number of Topliss-reactive ketones (excluding diaryl/α,β-unsaturated/α-hetero) is 1. The molecule has 0 atom stereocenters. The van der Waals surface area contributed by atoms with Crippen LogP contribution in [0.5, 0.6) is 0 Å². The van der Waals surface area contributed by atoms with E-state index in [0.717, 1.165) is 19.4 Å². The number of hydrogen-bond acceptors (Lipinski definition) is 3. The van der Waals surface area contributed by atoms with Crippen molar-refractivity contribution in [3.63, 3.8) is 0 Å². The lowest BCUT2D eigenvalue weighted by molar-refractivity contribution is -0.117. The minimum atomic E-state index is -0.0278. The molecule has 0 unspecified atom stereocenters. The summed E-state index contributed by atoms with van der Waals surface area (Å²) in [6.07, 6.45) is 7.29. The molecule has 0 aromatic carbocycles. The van der Waals surface area contributed by atoms with Gasteiger partial charge in [-0.15, -0.1) is 0 Å². The fourth-order valence-electron chi connectivity index (χ4n) is 1.34. The Labute approximate surface area is 123 Å². The zero-order valence-corrected chi connectivity index (χ0v) is 13.2. The molecule has 0 spiro atoms. The zero-order valence-electron chi connectivity index (χ0n) is 11.6. The average molecular weight is 332 g/mol. The van der Waals surface area contributed by atoms with Crippen LogP contribution in [0.25, 0.3) is 0 Å². The normalized spacial score (nSPS) is 9.42. The average Bonchev–Trinajstić information content (AvgIpc) is 2.97. The zero-order chi connectivity index (χ0) is 14.5. The number of ketones is 1. The molecule has 0 aliphatic rings. The van der Waals surface area contributed by atoms with Gasteiger partial charge in [0.25, 0.3) is 0 Å². The molecule has 4 nitrogen and oxygen atoms in total. The first-order valence-electron chi connectivity index (χ1n) is 6.43. The van der Waals surface area contributed by atoms with Gasteiger partial charge in [-0.05, 0) is 18.6 Å². The topological polar surface area (TPSA) is 50.5 Å². The standard InChI is InChI=1S/C8H17NO.C6H5BrO2/c1-3-4-5-6-7-9(2)8-10;7-4-5(8)6-2-1-3-9-6/h8H,3-7H2,1-2H3;1-3H,4H2. The lowest BCUT2D eigenvalue weighted by atomic mass is 10.2. The number of hydrogen-bond donors (Lipinski definition) is 0. The van der Waals surface area contributed by atoms with Gasteiger partial charge in [-0.3, -0.25) is 9.59 Å². The molecule has 5 heteroatoms. The summed E-state index contributed by atoms with van der Waals surface area (Å²) in [5.74, 6) is 0.381. The molecule has 0 saturated heterocycles. The summed E-state index contributed by atoms with van der Waals surface area (Å²) in [7, 11) is 1.82. The highest BCUT2D eigenvalue weighted by Crippen LogP contribution is 2.02. The van der Waals surface area contributed by atoms with E-state index in [9.17, 15) is 9.59 Å². The number of rotatable bonds is 8. The van der Waals surface area contributed by atoms with Crippen LogP contribution in [-0.2, 0) is 4.79 Å². The molecule has 1 aromatic heterocycles. The van der Waals surface area contributed by atoms with Crippen LogP contribution in [0.1, 0.15) is 43.2 Å². The fraction of sp³-hybridized carbons (Fsp3) is 0.571. The fourth-order valence-corrected chi connectivity index (χ4v) is 1.62. The predicted octanol–water partition coefficient (Wildman–Crippen LogP) is 3.51. The number of carbonyl (C=O) groups excluding carboxylic acids is 2. The summed E-state index contributed by atoms with van der Waals surface area (Å²) in [5.41, 5.74) is 0. The number of furan rings is 1. The van der Waals surface area contributed by atoms with Crippen LogP contribution in [0.2, 0.25) is 0 Å². The Kier molecular flexibility index (Phi) is 11.3. The highest BCUT2D eigenvalue weighted by molar-refractivity contribution is 9.09. The summed E-state index contributed by atoms with van der Waals surface area (Å²) in [6.45, 7) is 3.09. The first kappa shape index (κ1) is 17.9. The third-order valence-corrected chi connectivity index (χ3v) is 2.97. The van der Waals surface area contributed by atoms with Crippen LogP contribution >= 0.6 is 15.9 Å². The van der Waals surface area contributed by atoms with Crippen molar-refractivity contribution in [3.8, 4) is 0 Å². The van der Waals surface area contributed by atoms with Crippen molar-refractivity contribution in [1.29, 1.82) is 0 Å². The number of amides is 1. The van der Waals surface area contributed by atoms with E-state index in [2.05, 4.69) is 22.9 Å². The molecule has 1 amide bonds. The molecule has 0 radical (unpaired) electrons. The summed E-state index contributed by atoms with van der Waals surface area (Å²) in [5, 5.41) is 0.320. The van der Waals surface area contributed by atoms with E-state index < -0.39 is 0 Å². The lowest BCUT2D eigenvalue weighted by Gasteiger charge is -2.08. The van der Waals surface area contributed by atoms with E-state index in [4.69, 9.17) is 4.42 Å². The maximum absolute atomic E-state index is 10.7. The third-order valence-electron chi connectivity index (χ3n) is 2.46. The first-order chi connectivity index (χ1) is 9.15. The number of carbonyl (C=O) groups is 2. The van der Waals surface area contributed by atoms with Gasteiger partial charge in [-0.25, -0.2) is 0 Å². The Morgan fingerprint density at radius 2 is 2.16 bits per heavy atom. The number of unbranched alkanes of at least 4 members (excludes halogenated alkanes) is 3. The number of alkyl halides is 1. The molecule has 0 bridgehead atoms. The smallest absolute Gasteiger partial charge is 0.209 e. The van der Waals surface area contributed by atoms with Gasteiger partial charge < -0.3 is 9.32 Å². The second-order valence-corrected chi connectivity index (χ2v) is 4.74. The van der Waals surface area contributed by atoms with E-state index in [-0.39, 0.29) is 5.78 Å². The van der Waals surface area contributed by atoms with Crippen LogP contribution in [0.3, 0.4) is 0 Å². The molecule has 1 heterocycles. The molecule has 19 heavy (non-hydrogen) atoms. The molecule has 0 fully saturated rings. The second-order valence-electron chi connectivity index (χ2n) is 4.18. The molecule has 0 saturated carbocycles. The van der Waals surface area contributed by atoms with Gasteiger partial charge in [0.2, 0.25) is 12.2 Å². The summed E-state index contributed by atoms with van der Waals surface area (Å²) in [4.78, 5) is 22.5. The molecule has 108 valence electrons. The Morgan fingerprint density at radius 1 is 1.42 bits per heavy atom. The molecule has 0 aliphatic heterocycles. The van der Waals surface area contributed by atoms with Gasteiger partial charge in [0.05, 0.1) is 11.6 Å². The number of nitrogens with zero attached hydrogens (tertiary/aromatic N) is 1. The van der Waals surface area contributed by atoms with E-state index in [1.165, 1.54) is 25.5 Å². The molecule has 1 aromatic rings. The predicted molar refractivity (Wildman–Crippen MR) is 79.7 cm³/mol. The van der Waals surface area contributed by atoms with Crippen molar-refractivity contribution >= 4 is 28.1 Å². The van der Waals surface area contributed by atoms with E-state index in [1.54, 1.807) is 17.0 Å². The van der Waals surface area contributed by atoms with Crippen molar-refractivity contribution in [1.82, 2.24) is 4.90 Å². The van der Waals surface area contributed by atoms with Crippen LogP contribution in [0.15, 0.2) is 22.8 Å². The minimum absolute atomic E-state index is 0.0278. The van der Waals surface area contributed by atoms with E-state index >= 15 is 0 Å². The van der Waals surface area contributed by atoms with Crippen molar-refractivity contribution < 1.29 is 14.0 Å². The van der Waals surface area contributed by atoms with Gasteiger partial charge in [-0.2, -0.15) is 0 Å². The van der Waals surface area contributed by atoms with Gasteiger partial charge in [0.15, 0.2) is 5.76 Å². The maximum atomic E-state index is 10.7. The van der Waals surface area contributed by atoms with E-state index in [0.29, 0.717) is 11.1 Å². The first-order valence-corrected chi connectivity index (χ1v) is 7.56. The van der Waals surface area contributed by atoms with Crippen molar-refractivity contribution in [2.45, 2.75) is 32.6 Å². The maximum Gasteiger partial charge on any atom is 0.209 e.